The second-order valence-corrected chi connectivity index (χ2v) is 11.4. The van der Waals surface area contributed by atoms with E-state index < -0.39 is 0 Å². The normalized spacial score (nSPS) is 11.6. The lowest BCUT2D eigenvalue weighted by Crippen LogP contribution is -2.11. The summed E-state index contributed by atoms with van der Waals surface area (Å²) in [5.41, 5.74) is 6.92. The van der Waals surface area contributed by atoms with E-state index in [-0.39, 0.29) is 0 Å². The number of nitrogens with zero attached hydrogens (tertiary/aromatic N) is 2. The first-order valence-electron chi connectivity index (χ1n) is 15.1. The van der Waals surface area contributed by atoms with Gasteiger partial charge in [0.1, 0.15) is 0 Å². The molecule has 9 rings (SSSR count). The van der Waals surface area contributed by atoms with Crippen LogP contribution in [0.2, 0.25) is 0 Å². The zero-order chi connectivity index (χ0) is 29.0. The number of hydrogen-bond donors (Lipinski definition) is 0. The zero-order valence-electron chi connectivity index (χ0n) is 24.1. The molecule has 8 aromatic carbocycles. The first-order chi connectivity index (χ1) is 21.8. The quantitative estimate of drug-likeness (QED) is 0.194. The van der Waals surface area contributed by atoms with E-state index >= 15 is 0 Å². The summed E-state index contributed by atoms with van der Waals surface area (Å²) >= 11 is 0. The molecule has 0 atom stereocenters. The van der Waals surface area contributed by atoms with Crippen LogP contribution in [-0.2, 0) is 0 Å². The van der Waals surface area contributed by atoms with Gasteiger partial charge in [-0.3, -0.25) is 0 Å². The second-order valence-electron chi connectivity index (χ2n) is 11.4. The molecule has 0 bridgehead atoms. The first kappa shape index (κ1) is 24.7. The van der Waals surface area contributed by atoms with Crippen LogP contribution >= 0.6 is 0 Å². The van der Waals surface area contributed by atoms with E-state index in [2.05, 4.69) is 179 Å². The first-order valence-corrected chi connectivity index (χ1v) is 15.1. The minimum atomic E-state index is 1.12. The van der Waals surface area contributed by atoms with Crippen LogP contribution < -0.4 is 4.90 Å². The number of hydrogen-bond acceptors (Lipinski definition) is 1. The Balaban J connectivity index is 1.39. The summed E-state index contributed by atoms with van der Waals surface area (Å²) < 4.78 is 2.42. The molecule has 206 valence electrons. The van der Waals surface area contributed by atoms with E-state index in [4.69, 9.17) is 0 Å². The van der Waals surface area contributed by atoms with Crippen LogP contribution in [-0.4, -0.2) is 4.57 Å². The van der Waals surface area contributed by atoms with Gasteiger partial charge in [-0.1, -0.05) is 121 Å². The number of benzene rings is 8. The lowest BCUT2D eigenvalue weighted by atomic mass is 9.96. The molecule has 44 heavy (non-hydrogen) atoms. The Morgan fingerprint density at radius 3 is 1.82 bits per heavy atom. The van der Waals surface area contributed by atoms with Crippen molar-refractivity contribution < 1.29 is 0 Å². The van der Waals surface area contributed by atoms with Crippen molar-refractivity contribution >= 4 is 71.2 Å². The van der Waals surface area contributed by atoms with Gasteiger partial charge in [0.05, 0.1) is 16.7 Å². The summed E-state index contributed by atoms with van der Waals surface area (Å²) in [4.78, 5) is 2.42. The van der Waals surface area contributed by atoms with E-state index in [1.54, 1.807) is 0 Å². The smallest absolute Gasteiger partial charge is 0.0782 e. The molecule has 0 saturated carbocycles. The fraction of sp³-hybridized carbons (Fsp3) is 0. The molecule has 2 heteroatoms. The Bertz CT molecular complexity index is 2490. The predicted molar refractivity (Wildman–Crippen MR) is 188 cm³/mol. The second kappa shape index (κ2) is 9.86. The van der Waals surface area contributed by atoms with Gasteiger partial charge in [-0.25, -0.2) is 0 Å². The van der Waals surface area contributed by atoms with Crippen LogP contribution in [0.3, 0.4) is 0 Å². The average Bonchev–Trinajstić information content (AvgIpc) is 3.44. The number of rotatable bonds is 4. The van der Waals surface area contributed by atoms with Gasteiger partial charge in [-0.2, -0.15) is 0 Å². The highest BCUT2D eigenvalue weighted by Crippen LogP contribution is 2.44. The molecule has 1 aromatic heterocycles. The fourth-order valence-electron chi connectivity index (χ4n) is 6.98. The van der Waals surface area contributed by atoms with Crippen LogP contribution in [0.4, 0.5) is 17.1 Å². The highest BCUT2D eigenvalue weighted by atomic mass is 15.2. The predicted octanol–water partition coefficient (Wildman–Crippen LogP) is 11.7. The van der Waals surface area contributed by atoms with Gasteiger partial charge in [0.25, 0.3) is 0 Å². The van der Waals surface area contributed by atoms with E-state index in [0.717, 1.165) is 22.7 Å². The van der Waals surface area contributed by atoms with E-state index in [1.165, 1.54) is 54.1 Å². The molecule has 0 amide bonds. The summed E-state index contributed by atoms with van der Waals surface area (Å²) in [6.45, 7) is 0. The van der Waals surface area contributed by atoms with Gasteiger partial charge in [-0.05, 0) is 80.8 Å². The maximum absolute atomic E-state index is 2.42. The Labute approximate surface area is 255 Å². The van der Waals surface area contributed by atoms with Gasteiger partial charge < -0.3 is 9.47 Å². The fourth-order valence-corrected chi connectivity index (χ4v) is 6.98. The Morgan fingerprint density at radius 1 is 0.386 bits per heavy atom. The topological polar surface area (TPSA) is 8.17 Å². The van der Waals surface area contributed by atoms with Crippen molar-refractivity contribution in [3.63, 3.8) is 0 Å². The molecule has 9 aromatic rings. The van der Waals surface area contributed by atoms with Crippen LogP contribution in [0, 0.1) is 0 Å². The van der Waals surface area contributed by atoms with Crippen molar-refractivity contribution in [2.45, 2.75) is 0 Å². The van der Waals surface area contributed by atoms with E-state index in [9.17, 15) is 0 Å². The number of fused-ring (bicyclic) bond motifs is 8. The van der Waals surface area contributed by atoms with Crippen molar-refractivity contribution in [1.82, 2.24) is 4.57 Å². The van der Waals surface area contributed by atoms with Crippen molar-refractivity contribution in [3.05, 3.63) is 170 Å². The molecule has 2 nitrogen and oxygen atoms in total. The zero-order valence-corrected chi connectivity index (χ0v) is 24.1. The monoisotopic (exact) mass is 560 g/mol. The Kier molecular flexibility index (Phi) is 5.54. The molecular formula is C42H28N2. The molecule has 0 aliphatic carbocycles. The lowest BCUT2D eigenvalue weighted by molar-refractivity contribution is 1.17. The molecule has 0 aliphatic heterocycles. The van der Waals surface area contributed by atoms with Gasteiger partial charge in [-0.15, -0.1) is 0 Å². The third-order valence-electron chi connectivity index (χ3n) is 8.91. The number of anilines is 3. The molecule has 0 N–H and O–H groups in total. The van der Waals surface area contributed by atoms with Gasteiger partial charge in [0.2, 0.25) is 0 Å². The van der Waals surface area contributed by atoms with E-state index in [0.29, 0.717) is 0 Å². The van der Waals surface area contributed by atoms with Crippen molar-refractivity contribution in [1.29, 1.82) is 0 Å². The highest BCUT2D eigenvalue weighted by molar-refractivity contribution is 6.21. The summed E-state index contributed by atoms with van der Waals surface area (Å²) in [5, 5.41) is 10.1. The Morgan fingerprint density at radius 2 is 1.00 bits per heavy atom. The van der Waals surface area contributed by atoms with Crippen molar-refractivity contribution in [3.8, 4) is 5.69 Å². The minimum Gasteiger partial charge on any atom is -0.308 e. The SMILES string of the molecule is c1ccc(N(c2ccc3ccc4ccc5ccccc5c4c3c2)c2cccc3c4ccccc4n(-c4ccccc4)c23)cc1. The maximum Gasteiger partial charge on any atom is 0.0782 e. The molecule has 0 spiro atoms. The van der Waals surface area contributed by atoms with Gasteiger partial charge >= 0.3 is 0 Å². The maximum atomic E-state index is 2.42. The van der Waals surface area contributed by atoms with Gasteiger partial charge in [0, 0.05) is 27.8 Å². The highest BCUT2D eigenvalue weighted by Gasteiger charge is 2.21. The van der Waals surface area contributed by atoms with E-state index in [1.807, 2.05) is 0 Å². The van der Waals surface area contributed by atoms with Crippen molar-refractivity contribution in [2.75, 3.05) is 4.90 Å². The van der Waals surface area contributed by atoms with Crippen molar-refractivity contribution in [2.24, 2.45) is 0 Å². The Hall–Kier alpha value is -5.86. The summed E-state index contributed by atoms with van der Waals surface area (Å²) in [7, 11) is 0. The summed E-state index contributed by atoms with van der Waals surface area (Å²) in [6.07, 6.45) is 0. The molecular weight excluding hydrogens is 532 g/mol. The molecule has 0 saturated heterocycles. The molecule has 1 heterocycles. The number of aromatic nitrogens is 1. The number of para-hydroxylation sites is 4. The van der Waals surface area contributed by atoms with Crippen LogP contribution in [0.1, 0.15) is 0 Å². The molecule has 0 fully saturated rings. The standard InChI is InChI=1S/C42H28N2/c1-3-13-32(14-4-1)43(34-27-26-30-23-25-31-24-22-29-12-7-8-17-35(29)41(31)38(30)28-34)40-21-11-19-37-36-18-9-10-20-39(36)44(42(37)40)33-15-5-2-6-16-33/h1-28H. The molecule has 0 aliphatic rings. The average molecular weight is 561 g/mol. The third-order valence-corrected chi connectivity index (χ3v) is 8.91. The van der Waals surface area contributed by atoms with Crippen LogP contribution in [0.15, 0.2) is 170 Å². The van der Waals surface area contributed by atoms with Crippen LogP contribution in [0.25, 0.3) is 59.8 Å². The van der Waals surface area contributed by atoms with Gasteiger partial charge in [0.15, 0.2) is 0 Å². The largest absolute Gasteiger partial charge is 0.308 e. The lowest BCUT2D eigenvalue weighted by Gasteiger charge is -2.27. The van der Waals surface area contributed by atoms with Crippen LogP contribution in [0.5, 0.6) is 0 Å². The molecule has 0 radical (unpaired) electrons. The molecule has 0 unspecified atom stereocenters. The minimum absolute atomic E-state index is 1.12. The summed E-state index contributed by atoms with van der Waals surface area (Å²) in [6, 6.07) is 61.5. The third kappa shape index (κ3) is 3.75. The summed E-state index contributed by atoms with van der Waals surface area (Å²) in [5.74, 6) is 0.